The minimum atomic E-state index is 0.463. The molecule has 0 fully saturated rings. The van der Waals surface area contributed by atoms with Crippen LogP contribution >= 0.6 is 0 Å². The predicted molar refractivity (Wildman–Crippen MR) is 104 cm³/mol. The zero-order chi connectivity index (χ0) is 17.6. The molecule has 1 aromatic heterocycles. The summed E-state index contributed by atoms with van der Waals surface area (Å²) >= 11 is 0. The molecule has 3 heteroatoms. The Hall–Kier alpha value is -2.39. The molecule has 1 heterocycles. The van der Waals surface area contributed by atoms with Gasteiger partial charge in [0.15, 0.2) is 0 Å². The van der Waals surface area contributed by atoms with Crippen LogP contribution in [-0.2, 0) is 13.0 Å². The molecule has 25 heavy (non-hydrogen) atoms. The number of fused-ring (bicyclic) bond motifs is 1. The Bertz CT molecular complexity index is 808. The molecular weight excluding hydrogens is 308 g/mol. The van der Waals surface area contributed by atoms with Crippen molar-refractivity contribution >= 4 is 10.8 Å². The Labute approximate surface area is 150 Å². The van der Waals surface area contributed by atoms with Crippen molar-refractivity contribution in [2.24, 2.45) is 0 Å². The predicted octanol–water partition coefficient (Wildman–Crippen LogP) is 4.70. The van der Waals surface area contributed by atoms with Crippen LogP contribution in [0.3, 0.4) is 0 Å². The third-order valence-corrected chi connectivity index (χ3v) is 4.87. The van der Waals surface area contributed by atoms with Crippen molar-refractivity contribution in [1.82, 2.24) is 9.88 Å². The molecule has 0 saturated heterocycles. The highest BCUT2D eigenvalue weighted by Crippen LogP contribution is 2.21. The molecule has 0 bridgehead atoms. The van der Waals surface area contributed by atoms with E-state index in [4.69, 9.17) is 4.74 Å². The van der Waals surface area contributed by atoms with Gasteiger partial charge in [-0.3, -0.25) is 9.88 Å². The SMILES string of the molecule is CCN(Cc1cccc2ccncc12)C(C)Cc1ccc(OC)cc1. The van der Waals surface area contributed by atoms with Crippen molar-refractivity contribution in [3.05, 3.63) is 72.1 Å². The quantitative estimate of drug-likeness (QED) is 0.626. The molecule has 2 aromatic carbocycles. The monoisotopic (exact) mass is 334 g/mol. The van der Waals surface area contributed by atoms with Gasteiger partial charge in [-0.25, -0.2) is 0 Å². The first-order chi connectivity index (χ1) is 12.2. The summed E-state index contributed by atoms with van der Waals surface area (Å²) in [6.45, 7) is 6.50. The lowest BCUT2D eigenvalue weighted by molar-refractivity contribution is 0.210. The molecule has 3 rings (SSSR count). The summed E-state index contributed by atoms with van der Waals surface area (Å²) in [5, 5.41) is 2.51. The van der Waals surface area contributed by atoms with Gasteiger partial charge in [0, 0.05) is 30.4 Å². The third kappa shape index (κ3) is 4.18. The van der Waals surface area contributed by atoms with Crippen molar-refractivity contribution < 1.29 is 4.74 Å². The molecule has 0 spiro atoms. The highest BCUT2D eigenvalue weighted by molar-refractivity contribution is 5.84. The van der Waals surface area contributed by atoms with Gasteiger partial charge in [0.1, 0.15) is 5.75 Å². The smallest absolute Gasteiger partial charge is 0.118 e. The maximum absolute atomic E-state index is 5.25. The van der Waals surface area contributed by atoms with E-state index < -0.39 is 0 Å². The number of pyridine rings is 1. The van der Waals surface area contributed by atoms with E-state index in [1.54, 1.807) is 7.11 Å². The molecule has 3 nitrogen and oxygen atoms in total. The second kappa shape index (κ2) is 8.13. The second-order valence-corrected chi connectivity index (χ2v) is 6.48. The number of benzene rings is 2. The number of ether oxygens (including phenoxy) is 1. The number of rotatable bonds is 7. The fourth-order valence-electron chi connectivity index (χ4n) is 3.34. The lowest BCUT2D eigenvalue weighted by Gasteiger charge is -2.28. The van der Waals surface area contributed by atoms with Crippen LogP contribution in [0.25, 0.3) is 10.8 Å². The second-order valence-electron chi connectivity index (χ2n) is 6.48. The van der Waals surface area contributed by atoms with Crippen LogP contribution in [0.1, 0.15) is 25.0 Å². The van der Waals surface area contributed by atoms with Gasteiger partial charge in [-0.2, -0.15) is 0 Å². The Morgan fingerprint density at radius 2 is 1.88 bits per heavy atom. The van der Waals surface area contributed by atoms with E-state index in [0.29, 0.717) is 6.04 Å². The third-order valence-electron chi connectivity index (χ3n) is 4.87. The molecule has 0 N–H and O–H groups in total. The zero-order valence-electron chi connectivity index (χ0n) is 15.3. The van der Waals surface area contributed by atoms with E-state index in [2.05, 4.69) is 60.1 Å². The van der Waals surface area contributed by atoms with Crippen LogP contribution in [0.2, 0.25) is 0 Å². The molecule has 1 atom stereocenters. The summed E-state index contributed by atoms with van der Waals surface area (Å²) < 4.78 is 5.25. The standard InChI is InChI=1S/C22H26N2O/c1-4-24(17(2)14-18-8-10-21(25-3)11-9-18)16-20-7-5-6-19-12-13-23-15-22(19)20/h5-13,15,17H,4,14,16H2,1-3H3. The van der Waals surface area contributed by atoms with Crippen LogP contribution in [0.15, 0.2) is 60.9 Å². The molecule has 130 valence electrons. The summed E-state index contributed by atoms with van der Waals surface area (Å²) in [6.07, 6.45) is 4.86. The maximum atomic E-state index is 5.25. The van der Waals surface area contributed by atoms with Crippen LogP contribution in [-0.4, -0.2) is 29.6 Å². The Kier molecular flexibility index (Phi) is 5.67. The van der Waals surface area contributed by atoms with Gasteiger partial charge < -0.3 is 4.74 Å². The van der Waals surface area contributed by atoms with Crippen molar-refractivity contribution in [2.75, 3.05) is 13.7 Å². The van der Waals surface area contributed by atoms with Crippen molar-refractivity contribution in [1.29, 1.82) is 0 Å². The van der Waals surface area contributed by atoms with Crippen LogP contribution < -0.4 is 4.74 Å². The number of hydrogen-bond donors (Lipinski definition) is 0. The molecule has 0 aliphatic carbocycles. The Morgan fingerprint density at radius 3 is 2.60 bits per heavy atom. The highest BCUT2D eigenvalue weighted by Gasteiger charge is 2.14. The minimum Gasteiger partial charge on any atom is -0.497 e. The number of nitrogens with zero attached hydrogens (tertiary/aromatic N) is 2. The Balaban J connectivity index is 1.74. The van der Waals surface area contributed by atoms with E-state index in [1.807, 2.05) is 24.5 Å². The molecular formula is C22H26N2O. The van der Waals surface area contributed by atoms with Crippen LogP contribution in [0, 0.1) is 0 Å². The number of aromatic nitrogens is 1. The summed E-state index contributed by atoms with van der Waals surface area (Å²) in [7, 11) is 1.70. The zero-order valence-corrected chi connectivity index (χ0v) is 15.3. The average Bonchev–Trinajstić information content (AvgIpc) is 2.66. The van der Waals surface area contributed by atoms with E-state index in [1.165, 1.54) is 21.9 Å². The number of methoxy groups -OCH3 is 1. The molecule has 0 aliphatic heterocycles. The molecule has 0 radical (unpaired) electrons. The van der Waals surface area contributed by atoms with Crippen molar-refractivity contribution in [3.63, 3.8) is 0 Å². The van der Waals surface area contributed by atoms with Crippen LogP contribution in [0.5, 0.6) is 5.75 Å². The summed E-state index contributed by atoms with van der Waals surface area (Å²) in [5.41, 5.74) is 2.68. The lowest BCUT2D eigenvalue weighted by Crippen LogP contribution is -2.34. The van der Waals surface area contributed by atoms with Gasteiger partial charge in [-0.05, 0) is 54.6 Å². The molecule has 3 aromatic rings. The van der Waals surface area contributed by atoms with Gasteiger partial charge >= 0.3 is 0 Å². The molecule has 1 unspecified atom stereocenters. The topological polar surface area (TPSA) is 25.4 Å². The van der Waals surface area contributed by atoms with Gasteiger partial charge in [0.25, 0.3) is 0 Å². The van der Waals surface area contributed by atoms with Crippen LogP contribution in [0.4, 0.5) is 0 Å². The largest absolute Gasteiger partial charge is 0.497 e. The summed E-state index contributed by atoms with van der Waals surface area (Å²) in [4.78, 5) is 6.83. The number of likely N-dealkylation sites (N-methyl/N-ethyl adjacent to an activating group) is 1. The normalized spacial score (nSPS) is 12.5. The van der Waals surface area contributed by atoms with E-state index in [0.717, 1.165) is 25.3 Å². The first kappa shape index (κ1) is 17.4. The van der Waals surface area contributed by atoms with E-state index in [9.17, 15) is 0 Å². The summed E-state index contributed by atoms with van der Waals surface area (Å²) in [5.74, 6) is 0.909. The fourth-order valence-corrected chi connectivity index (χ4v) is 3.34. The average molecular weight is 334 g/mol. The van der Waals surface area contributed by atoms with Gasteiger partial charge in [0.2, 0.25) is 0 Å². The van der Waals surface area contributed by atoms with Crippen molar-refractivity contribution in [3.8, 4) is 5.75 Å². The minimum absolute atomic E-state index is 0.463. The maximum Gasteiger partial charge on any atom is 0.118 e. The van der Waals surface area contributed by atoms with Crippen molar-refractivity contribution in [2.45, 2.75) is 32.9 Å². The first-order valence-corrected chi connectivity index (χ1v) is 8.90. The van der Waals surface area contributed by atoms with Gasteiger partial charge in [-0.1, -0.05) is 37.3 Å². The molecule has 0 amide bonds. The van der Waals surface area contributed by atoms with E-state index >= 15 is 0 Å². The summed E-state index contributed by atoms with van der Waals surface area (Å²) in [6, 6.07) is 17.4. The molecule has 0 aliphatic rings. The highest BCUT2D eigenvalue weighted by atomic mass is 16.5. The Morgan fingerprint density at radius 1 is 1.08 bits per heavy atom. The number of hydrogen-bond acceptors (Lipinski definition) is 3. The van der Waals surface area contributed by atoms with Gasteiger partial charge in [-0.15, -0.1) is 0 Å². The molecule has 0 saturated carbocycles. The van der Waals surface area contributed by atoms with Gasteiger partial charge in [0.05, 0.1) is 7.11 Å². The van der Waals surface area contributed by atoms with E-state index in [-0.39, 0.29) is 0 Å². The lowest BCUT2D eigenvalue weighted by atomic mass is 10.0. The first-order valence-electron chi connectivity index (χ1n) is 8.90. The fraction of sp³-hybridized carbons (Fsp3) is 0.318.